The van der Waals surface area contributed by atoms with E-state index in [1.807, 2.05) is 44.2 Å². The van der Waals surface area contributed by atoms with E-state index < -0.39 is 47.4 Å². The molecule has 3 aromatic carbocycles. The van der Waals surface area contributed by atoms with Gasteiger partial charge in [0.2, 0.25) is 6.79 Å². The molecular weight excluding hydrogens is 713 g/mol. The summed E-state index contributed by atoms with van der Waals surface area (Å²) in [5.74, 6) is 1.05. The number of ether oxygens (including phenoxy) is 6. The molecule has 54 heavy (non-hydrogen) atoms. The van der Waals surface area contributed by atoms with Gasteiger partial charge in [-0.15, -0.1) is 11.8 Å². The van der Waals surface area contributed by atoms with Crippen LogP contribution >= 0.6 is 11.8 Å². The van der Waals surface area contributed by atoms with E-state index in [0.717, 1.165) is 39.1 Å². The first-order valence-corrected chi connectivity index (χ1v) is 19.0. The zero-order valence-electron chi connectivity index (χ0n) is 31.0. The number of carbonyl (C=O) groups is 3. The number of hydrogen-bond acceptors (Lipinski definition) is 13. The van der Waals surface area contributed by atoms with Crippen molar-refractivity contribution in [3.8, 4) is 29.1 Å². The van der Waals surface area contributed by atoms with Gasteiger partial charge in [-0.3, -0.25) is 14.6 Å². The minimum Gasteiger partial charge on any atom is -0.496 e. The number of hydrogen-bond donors (Lipinski definition) is 1. The normalized spacial score (nSPS) is 26.7. The second-order valence-electron chi connectivity index (χ2n) is 14.4. The molecule has 14 heteroatoms. The number of esters is 2. The van der Waals surface area contributed by atoms with Gasteiger partial charge in [0.15, 0.2) is 11.5 Å². The molecular formula is C40H42N4O9S. The highest BCUT2D eigenvalue weighted by Crippen LogP contribution is 2.63. The summed E-state index contributed by atoms with van der Waals surface area (Å²) in [6, 6.07) is 10.9. The van der Waals surface area contributed by atoms with Gasteiger partial charge in [-0.2, -0.15) is 5.26 Å². The van der Waals surface area contributed by atoms with Crippen molar-refractivity contribution >= 4 is 29.8 Å². The molecule has 0 spiro atoms. The number of aryl methyl sites for hydroxylation is 1. The van der Waals surface area contributed by atoms with E-state index in [0.29, 0.717) is 34.8 Å². The Hall–Kier alpha value is -4.97. The van der Waals surface area contributed by atoms with Gasteiger partial charge in [0.25, 0.3) is 0 Å². The number of nitriles is 1. The van der Waals surface area contributed by atoms with Crippen molar-refractivity contribution in [1.82, 2.24) is 15.1 Å². The SMILES string of the molecule is COc1c(C)cc2c(c1C)[C@@H]1C3[C@@H]4SCC(NC(=O)OCc5ccccc5)C(=O)OC[C@@H](c5c6c(c(C)c(OC(C)=O)c54)OCO6)N3[C@@H](C#N)[C@H](C2)N1C. The van der Waals surface area contributed by atoms with E-state index in [1.54, 1.807) is 7.11 Å². The van der Waals surface area contributed by atoms with Crippen LogP contribution in [0, 0.1) is 32.1 Å². The van der Waals surface area contributed by atoms with Crippen molar-refractivity contribution in [2.45, 2.75) is 82.2 Å². The highest BCUT2D eigenvalue weighted by molar-refractivity contribution is 7.99. The fraction of sp³-hybridized carbons (Fsp3) is 0.450. The maximum atomic E-state index is 13.9. The number of alkyl carbamates (subject to hydrolysis) is 1. The predicted molar refractivity (Wildman–Crippen MR) is 197 cm³/mol. The molecule has 13 nitrogen and oxygen atoms in total. The van der Waals surface area contributed by atoms with Gasteiger partial charge in [0.1, 0.15) is 36.8 Å². The minimum atomic E-state index is -1.06. The maximum Gasteiger partial charge on any atom is 0.408 e. The summed E-state index contributed by atoms with van der Waals surface area (Å²) in [5.41, 5.74) is 7.12. The van der Waals surface area contributed by atoms with Crippen LogP contribution in [0.5, 0.6) is 23.0 Å². The van der Waals surface area contributed by atoms with Gasteiger partial charge in [0.05, 0.1) is 30.5 Å². The third-order valence-electron chi connectivity index (χ3n) is 11.4. The quantitative estimate of drug-likeness (QED) is 0.271. The van der Waals surface area contributed by atoms with Crippen molar-refractivity contribution in [2.75, 3.05) is 33.3 Å². The Morgan fingerprint density at radius 2 is 1.80 bits per heavy atom. The molecule has 2 saturated heterocycles. The Bertz CT molecular complexity index is 2090. The lowest BCUT2D eigenvalue weighted by atomic mass is 9.70. The summed E-state index contributed by atoms with van der Waals surface area (Å²) in [7, 11) is 3.74. The van der Waals surface area contributed by atoms with Crippen LogP contribution in [0.1, 0.15) is 68.8 Å². The Morgan fingerprint density at radius 1 is 1.04 bits per heavy atom. The average molecular weight is 755 g/mol. The van der Waals surface area contributed by atoms with Gasteiger partial charge in [-0.05, 0) is 62.1 Å². The molecule has 1 amide bonds. The van der Waals surface area contributed by atoms with E-state index in [2.05, 4.69) is 41.2 Å². The number of carbonyl (C=O) groups excluding carboxylic acids is 3. The number of rotatable bonds is 5. The molecule has 6 aliphatic heterocycles. The Balaban J connectivity index is 1.30. The summed E-state index contributed by atoms with van der Waals surface area (Å²) in [6.45, 7) is 7.13. The second kappa shape index (κ2) is 14.0. The van der Waals surface area contributed by atoms with Crippen molar-refractivity contribution in [1.29, 1.82) is 5.26 Å². The topological polar surface area (TPSA) is 149 Å². The monoisotopic (exact) mass is 754 g/mol. The molecule has 0 radical (unpaired) electrons. The Morgan fingerprint density at radius 3 is 2.52 bits per heavy atom. The molecule has 1 N–H and O–H groups in total. The van der Waals surface area contributed by atoms with Gasteiger partial charge in [-0.25, -0.2) is 9.59 Å². The first-order valence-electron chi connectivity index (χ1n) is 18.0. The van der Waals surface area contributed by atoms with E-state index in [-0.39, 0.29) is 37.8 Å². The summed E-state index contributed by atoms with van der Waals surface area (Å²) in [4.78, 5) is 44.3. The number of amides is 1. The van der Waals surface area contributed by atoms with Gasteiger partial charge in [0, 0.05) is 41.5 Å². The van der Waals surface area contributed by atoms with Crippen LogP contribution in [0.4, 0.5) is 4.79 Å². The molecule has 6 aliphatic rings. The number of benzene rings is 3. The fourth-order valence-electron chi connectivity index (χ4n) is 9.31. The number of fused-ring (bicyclic) bond motifs is 10. The molecule has 0 saturated carbocycles. The van der Waals surface area contributed by atoms with Crippen LogP contribution in [0.15, 0.2) is 36.4 Å². The van der Waals surface area contributed by atoms with Crippen molar-refractivity contribution in [2.24, 2.45) is 0 Å². The highest BCUT2D eigenvalue weighted by Gasteiger charge is 2.60. The molecule has 2 fully saturated rings. The molecule has 2 unspecified atom stereocenters. The summed E-state index contributed by atoms with van der Waals surface area (Å²) >= 11 is 1.43. The number of likely N-dealkylation sites (N-methyl/N-ethyl adjacent to an activating group) is 1. The number of methoxy groups -OCH3 is 1. The number of thioether (sulfide) groups is 1. The number of nitrogens with one attached hydrogen (secondary N) is 1. The molecule has 7 atom stereocenters. The summed E-state index contributed by atoms with van der Waals surface area (Å²) in [6.07, 6.45) is -0.122. The highest BCUT2D eigenvalue weighted by atomic mass is 32.2. The Kier molecular flexibility index (Phi) is 9.36. The Labute approximate surface area is 317 Å². The lowest BCUT2D eigenvalue weighted by Crippen LogP contribution is -2.69. The van der Waals surface area contributed by atoms with Crippen LogP contribution in [-0.4, -0.2) is 85.3 Å². The lowest BCUT2D eigenvalue weighted by Gasteiger charge is -2.62. The molecule has 4 bridgehead atoms. The van der Waals surface area contributed by atoms with E-state index in [1.165, 1.54) is 18.7 Å². The fourth-order valence-corrected chi connectivity index (χ4v) is 10.8. The van der Waals surface area contributed by atoms with Gasteiger partial charge >= 0.3 is 18.0 Å². The van der Waals surface area contributed by atoms with Gasteiger partial charge < -0.3 is 33.7 Å². The maximum absolute atomic E-state index is 13.9. The molecule has 3 aromatic rings. The molecule has 282 valence electrons. The number of nitrogens with zero attached hydrogens (tertiary/aromatic N) is 3. The summed E-state index contributed by atoms with van der Waals surface area (Å²) < 4.78 is 35.8. The summed E-state index contributed by atoms with van der Waals surface area (Å²) in [5, 5.41) is 13.3. The minimum absolute atomic E-state index is 0.0291. The van der Waals surface area contributed by atoms with Crippen molar-refractivity contribution in [3.05, 3.63) is 80.9 Å². The third-order valence-corrected chi connectivity index (χ3v) is 12.8. The van der Waals surface area contributed by atoms with E-state index in [9.17, 15) is 19.6 Å². The lowest BCUT2D eigenvalue weighted by molar-refractivity contribution is -0.151. The third kappa shape index (κ3) is 5.72. The molecule has 6 heterocycles. The molecule has 9 rings (SSSR count). The van der Waals surface area contributed by atoms with Crippen LogP contribution in [0.3, 0.4) is 0 Å². The van der Waals surface area contributed by atoms with Crippen LogP contribution in [0.25, 0.3) is 0 Å². The van der Waals surface area contributed by atoms with E-state index in [4.69, 9.17) is 28.4 Å². The van der Waals surface area contributed by atoms with Crippen LogP contribution in [0.2, 0.25) is 0 Å². The van der Waals surface area contributed by atoms with Crippen LogP contribution < -0.4 is 24.3 Å². The zero-order valence-corrected chi connectivity index (χ0v) is 31.8. The standard InChI is InChI=1S/C40H42N4O9S/c1-19-12-24-13-26-27(14-41)44-28-16-49-39(46)25(42-40(47)50-15-23-10-8-7-9-11-23)17-54-38(33(44)32(43(26)5)29(24)20(2)34(19)48-6)31-30(28)37-36(51-18-52-37)21(3)35(31)53-22(4)45/h7-12,25-28,32-33,38H,13,15-18H2,1-6H3,(H,42,47)/t25?,26-,27-,28-,32+,33?,38+/m0/s1. The average Bonchev–Trinajstić information content (AvgIpc) is 3.64. The van der Waals surface area contributed by atoms with E-state index >= 15 is 0 Å². The zero-order chi connectivity index (χ0) is 38.0. The van der Waals surface area contributed by atoms with Crippen molar-refractivity contribution < 1.29 is 42.8 Å². The first-order chi connectivity index (χ1) is 26.0. The van der Waals surface area contributed by atoms with Crippen LogP contribution in [-0.2, 0) is 32.1 Å². The predicted octanol–water partition coefficient (Wildman–Crippen LogP) is 5.13. The first kappa shape index (κ1) is 36.0. The largest absolute Gasteiger partial charge is 0.496 e. The smallest absolute Gasteiger partial charge is 0.408 e. The molecule has 0 aliphatic carbocycles. The van der Waals surface area contributed by atoms with Crippen molar-refractivity contribution in [3.63, 3.8) is 0 Å². The number of piperazine rings is 1. The molecule has 0 aromatic heterocycles. The van der Waals surface area contributed by atoms with Gasteiger partial charge in [-0.1, -0.05) is 36.4 Å². The second-order valence-corrected chi connectivity index (χ2v) is 15.6.